The molecule has 0 unspecified atom stereocenters. The molecule has 1 aliphatic rings. The first-order chi connectivity index (χ1) is 14.5. The Kier molecular flexibility index (Phi) is 5.67. The van der Waals surface area contributed by atoms with E-state index in [0.717, 1.165) is 23.4 Å². The van der Waals surface area contributed by atoms with Gasteiger partial charge in [0.2, 0.25) is 0 Å². The van der Waals surface area contributed by atoms with Crippen molar-refractivity contribution >= 4 is 29.3 Å². The Morgan fingerprint density at radius 3 is 2.83 bits per heavy atom. The number of benzene rings is 1. The van der Waals surface area contributed by atoms with Gasteiger partial charge in [-0.25, -0.2) is 9.59 Å². The van der Waals surface area contributed by atoms with Crippen LogP contribution in [0.5, 0.6) is 0 Å². The summed E-state index contributed by atoms with van der Waals surface area (Å²) in [5.41, 5.74) is 3.24. The van der Waals surface area contributed by atoms with Crippen LogP contribution in [-0.4, -0.2) is 45.3 Å². The van der Waals surface area contributed by atoms with Gasteiger partial charge in [-0.05, 0) is 42.8 Å². The van der Waals surface area contributed by atoms with E-state index in [-0.39, 0.29) is 11.6 Å². The number of halogens is 1. The molecule has 0 fully saturated rings. The summed E-state index contributed by atoms with van der Waals surface area (Å²) < 4.78 is 6.72. The van der Waals surface area contributed by atoms with Crippen molar-refractivity contribution in [1.82, 2.24) is 19.7 Å². The molecule has 0 radical (unpaired) electrons. The third-order valence-corrected chi connectivity index (χ3v) is 5.12. The number of esters is 1. The quantitative estimate of drug-likeness (QED) is 0.644. The summed E-state index contributed by atoms with van der Waals surface area (Å²) in [4.78, 5) is 30.8. The molecule has 0 atom stereocenters. The lowest BCUT2D eigenvalue weighted by Gasteiger charge is -2.21. The molecule has 2 aromatic heterocycles. The van der Waals surface area contributed by atoms with E-state index in [4.69, 9.17) is 16.3 Å². The van der Waals surface area contributed by atoms with E-state index < -0.39 is 5.97 Å². The van der Waals surface area contributed by atoms with E-state index in [1.807, 2.05) is 22.9 Å². The van der Waals surface area contributed by atoms with E-state index in [0.29, 0.717) is 30.3 Å². The summed E-state index contributed by atoms with van der Waals surface area (Å²) in [6.45, 7) is 1.67. The highest BCUT2D eigenvalue weighted by Crippen LogP contribution is 2.24. The molecule has 0 saturated carbocycles. The van der Waals surface area contributed by atoms with Crippen LogP contribution >= 0.6 is 11.6 Å². The number of amides is 2. The lowest BCUT2D eigenvalue weighted by atomic mass is 10.2. The molecule has 0 aliphatic carbocycles. The van der Waals surface area contributed by atoms with Gasteiger partial charge in [0.25, 0.3) is 0 Å². The number of fused-ring (bicyclic) bond motifs is 1. The number of aryl methyl sites for hydroxylation is 1. The van der Waals surface area contributed by atoms with Crippen LogP contribution in [0.15, 0.2) is 48.8 Å². The number of hydrogen-bond donors (Lipinski definition) is 1. The van der Waals surface area contributed by atoms with Crippen molar-refractivity contribution in [2.45, 2.75) is 19.5 Å². The van der Waals surface area contributed by atoms with Crippen molar-refractivity contribution in [3.8, 4) is 11.3 Å². The Morgan fingerprint density at radius 2 is 2.07 bits per heavy atom. The van der Waals surface area contributed by atoms with E-state index in [1.54, 1.807) is 23.4 Å². The number of nitrogens with zero attached hydrogens (tertiary/aromatic N) is 4. The molecule has 1 aliphatic heterocycles. The number of carbonyl (C=O) groups excluding carboxylic acids is 2. The van der Waals surface area contributed by atoms with Crippen LogP contribution in [0.2, 0.25) is 5.02 Å². The van der Waals surface area contributed by atoms with Crippen LogP contribution in [0, 0.1) is 0 Å². The second kappa shape index (κ2) is 8.54. The minimum atomic E-state index is -0.544. The number of rotatable bonds is 3. The van der Waals surface area contributed by atoms with E-state index >= 15 is 0 Å². The van der Waals surface area contributed by atoms with Crippen molar-refractivity contribution in [3.63, 3.8) is 0 Å². The molecule has 2 amide bonds. The van der Waals surface area contributed by atoms with Gasteiger partial charge in [0.1, 0.15) is 0 Å². The van der Waals surface area contributed by atoms with Gasteiger partial charge < -0.3 is 15.0 Å². The second-order valence-electron chi connectivity index (χ2n) is 6.87. The Hall–Kier alpha value is -3.39. The standard InChI is InChI=1S/C21H20ClN5O3/c1-30-20(28)17-6-5-15(22)10-19(17)24-21(29)26-8-3-9-27-16(13-26)11-18(25-27)14-4-2-7-23-12-14/h2,4-7,10-12H,3,8-9,13H2,1H3,(H,24,29). The Labute approximate surface area is 178 Å². The molecule has 1 N–H and O–H groups in total. The fourth-order valence-corrected chi connectivity index (χ4v) is 3.57. The average Bonchev–Trinajstić information content (AvgIpc) is 3.05. The predicted octanol–water partition coefficient (Wildman–Crippen LogP) is 3.82. The van der Waals surface area contributed by atoms with Crippen molar-refractivity contribution in [2.75, 3.05) is 19.0 Å². The minimum Gasteiger partial charge on any atom is -0.465 e. The number of aromatic nitrogens is 3. The zero-order chi connectivity index (χ0) is 21.1. The normalized spacial score (nSPS) is 13.3. The molecule has 30 heavy (non-hydrogen) atoms. The Balaban J connectivity index is 1.55. The van der Waals surface area contributed by atoms with Gasteiger partial charge in [0.15, 0.2) is 0 Å². The van der Waals surface area contributed by atoms with Crippen molar-refractivity contribution in [3.05, 3.63) is 65.1 Å². The number of urea groups is 1. The van der Waals surface area contributed by atoms with E-state index in [2.05, 4.69) is 15.4 Å². The summed E-state index contributed by atoms with van der Waals surface area (Å²) in [5, 5.41) is 7.86. The molecule has 0 bridgehead atoms. The van der Waals surface area contributed by atoms with Crippen LogP contribution in [0.4, 0.5) is 10.5 Å². The molecule has 0 saturated heterocycles. The number of methoxy groups -OCH3 is 1. The Bertz CT molecular complexity index is 1080. The molecule has 3 aromatic rings. The highest BCUT2D eigenvalue weighted by Gasteiger charge is 2.23. The van der Waals surface area contributed by atoms with Crippen molar-refractivity contribution in [2.24, 2.45) is 0 Å². The highest BCUT2D eigenvalue weighted by molar-refractivity contribution is 6.31. The number of ether oxygens (including phenoxy) is 1. The summed E-state index contributed by atoms with van der Waals surface area (Å²) in [5.74, 6) is -0.544. The van der Waals surface area contributed by atoms with Gasteiger partial charge in [-0.2, -0.15) is 5.10 Å². The summed E-state index contributed by atoms with van der Waals surface area (Å²) >= 11 is 6.05. The van der Waals surface area contributed by atoms with E-state index in [9.17, 15) is 9.59 Å². The molecule has 1 aromatic carbocycles. The number of pyridine rings is 1. The predicted molar refractivity (Wildman–Crippen MR) is 112 cm³/mol. The molecule has 3 heterocycles. The van der Waals surface area contributed by atoms with Gasteiger partial charge in [-0.3, -0.25) is 9.67 Å². The van der Waals surface area contributed by atoms with Crippen LogP contribution in [0.25, 0.3) is 11.3 Å². The number of hydrogen-bond acceptors (Lipinski definition) is 5. The second-order valence-corrected chi connectivity index (χ2v) is 7.31. The van der Waals surface area contributed by atoms with Crippen LogP contribution in [-0.2, 0) is 17.8 Å². The maximum absolute atomic E-state index is 13.0. The molecule has 4 rings (SSSR count). The highest BCUT2D eigenvalue weighted by atomic mass is 35.5. The average molecular weight is 426 g/mol. The molecule has 0 spiro atoms. The molecule has 8 nitrogen and oxygen atoms in total. The molecule has 154 valence electrons. The smallest absolute Gasteiger partial charge is 0.339 e. The van der Waals surface area contributed by atoms with Gasteiger partial charge in [0, 0.05) is 36.1 Å². The molecule has 9 heteroatoms. The fraction of sp³-hybridized carbons (Fsp3) is 0.238. The topological polar surface area (TPSA) is 89.4 Å². The summed E-state index contributed by atoms with van der Waals surface area (Å²) in [7, 11) is 1.29. The summed E-state index contributed by atoms with van der Waals surface area (Å²) in [6.07, 6.45) is 4.24. The van der Waals surface area contributed by atoms with Gasteiger partial charge in [-0.15, -0.1) is 0 Å². The monoisotopic (exact) mass is 425 g/mol. The lowest BCUT2D eigenvalue weighted by molar-refractivity contribution is 0.0602. The number of nitrogens with one attached hydrogen (secondary N) is 1. The lowest BCUT2D eigenvalue weighted by Crippen LogP contribution is -2.35. The number of anilines is 1. The van der Waals surface area contributed by atoms with Crippen LogP contribution < -0.4 is 5.32 Å². The maximum atomic E-state index is 13.0. The largest absolute Gasteiger partial charge is 0.465 e. The Morgan fingerprint density at radius 1 is 1.20 bits per heavy atom. The number of carbonyl (C=O) groups is 2. The van der Waals surface area contributed by atoms with Crippen molar-refractivity contribution in [1.29, 1.82) is 0 Å². The van der Waals surface area contributed by atoms with Crippen LogP contribution in [0.1, 0.15) is 22.5 Å². The molecular weight excluding hydrogens is 406 g/mol. The SMILES string of the molecule is COC(=O)c1ccc(Cl)cc1NC(=O)N1CCCn2nc(-c3cccnc3)cc2C1. The van der Waals surface area contributed by atoms with Gasteiger partial charge >= 0.3 is 12.0 Å². The first-order valence-electron chi connectivity index (χ1n) is 9.46. The first kappa shape index (κ1) is 19.9. The fourth-order valence-electron chi connectivity index (χ4n) is 3.39. The maximum Gasteiger partial charge on any atom is 0.339 e. The first-order valence-corrected chi connectivity index (χ1v) is 9.84. The minimum absolute atomic E-state index is 0.244. The zero-order valence-electron chi connectivity index (χ0n) is 16.3. The third-order valence-electron chi connectivity index (χ3n) is 4.89. The zero-order valence-corrected chi connectivity index (χ0v) is 17.1. The van der Waals surface area contributed by atoms with Crippen LogP contribution in [0.3, 0.4) is 0 Å². The van der Waals surface area contributed by atoms with Gasteiger partial charge in [-0.1, -0.05) is 11.6 Å². The van der Waals surface area contributed by atoms with E-state index in [1.165, 1.54) is 19.2 Å². The van der Waals surface area contributed by atoms with Gasteiger partial charge in [0.05, 0.1) is 36.3 Å². The molecular formula is C21H20ClN5O3. The van der Waals surface area contributed by atoms with Crippen molar-refractivity contribution < 1.29 is 14.3 Å². The summed E-state index contributed by atoms with van der Waals surface area (Å²) in [6, 6.07) is 10.1. The third kappa shape index (κ3) is 4.13.